The number of rotatable bonds is 38. The van der Waals surface area contributed by atoms with E-state index in [-0.39, 0.29) is 101 Å². The number of carbonyl (C=O) groups is 6. The van der Waals surface area contributed by atoms with Crippen molar-refractivity contribution in [2.75, 3.05) is 92.2 Å². The average Bonchev–Trinajstić information content (AvgIpc) is 0.804. The Morgan fingerprint density at radius 2 is 0.838 bits per heavy atom. The van der Waals surface area contributed by atoms with Crippen molar-refractivity contribution in [2.45, 2.75) is 257 Å². The highest BCUT2D eigenvalue weighted by Gasteiger charge is 2.46. The number of amides is 5. The fraction of sp³-hybridized carbons (Fsp3) is 0.818. The molecule has 8 N–H and O–H groups in total. The Morgan fingerprint density at radius 3 is 1.23 bits per heavy atom. The van der Waals surface area contributed by atoms with Gasteiger partial charge in [-0.1, -0.05) is 131 Å². The van der Waals surface area contributed by atoms with Crippen LogP contribution in [0, 0.1) is 54.1 Å². The van der Waals surface area contributed by atoms with Gasteiger partial charge in [-0.15, -0.1) is 0 Å². The zero-order valence-electron chi connectivity index (χ0n) is 66.7. The fourth-order valence-electron chi connectivity index (χ4n) is 15.7. The molecule has 4 saturated carbocycles. The molecule has 0 radical (unpaired) electrons. The lowest BCUT2D eigenvalue weighted by Crippen LogP contribution is -2.50. The van der Waals surface area contributed by atoms with Gasteiger partial charge in [0.15, 0.2) is 0 Å². The third-order valence-corrected chi connectivity index (χ3v) is 18.9. The number of unbranched alkanes of at least 4 members (excludes halogenated alkanes) is 3. The molecule has 28 heteroatoms. The number of nitrogens with one attached hydrogen (secondary N) is 5. The van der Waals surface area contributed by atoms with E-state index in [9.17, 15) is 38.4 Å². The van der Waals surface area contributed by atoms with Gasteiger partial charge in [-0.25, -0.2) is 43.5 Å². The molecule has 105 heavy (non-hydrogen) atoms. The highest BCUT2D eigenvalue weighted by atomic mass is 128. The maximum absolute atomic E-state index is 12.7. The maximum Gasteiger partial charge on any atom is 0.407 e. The number of carbonyl (C=O) groups excluding carboxylic acids is 8. The second-order valence-corrected chi connectivity index (χ2v) is 34.7. The van der Waals surface area contributed by atoms with Gasteiger partial charge < -0.3 is 80.1 Å². The predicted octanol–water partition coefficient (Wildman–Crippen LogP) is 15.7. The number of ether oxygens (including phenoxy) is 9. The molecule has 0 aromatic heterocycles. The molecular weight excluding hydrogens is 1580 g/mol. The zero-order valence-corrected chi connectivity index (χ0v) is 71.0. The highest BCUT2D eigenvalue weighted by Crippen LogP contribution is 2.50. The number of aliphatic imine (C=N–C) groups is 2. The van der Waals surface area contributed by atoms with E-state index in [4.69, 9.17) is 48.7 Å². The minimum Gasteiger partial charge on any atom is -0.502 e. The molecule has 0 spiro atoms. The number of halogens is 2. The molecule has 4 fully saturated rings. The van der Waals surface area contributed by atoms with Crippen LogP contribution in [-0.2, 0) is 57.0 Å². The van der Waals surface area contributed by atoms with Crippen molar-refractivity contribution in [2.24, 2.45) is 69.9 Å². The second kappa shape index (κ2) is 50.3. The van der Waals surface area contributed by atoms with E-state index in [1.54, 1.807) is 12.2 Å². The molecule has 8 unspecified atom stereocenters. The molecule has 0 bridgehead atoms. The summed E-state index contributed by atoms with van der Waals surface area (Å²) in [5.41, 5.74) is 4.51. The average molecular weight is 1720 g/mol. The number of nitrogens with two attached hydrogens (primary N) is 1. The van der Waals surface area contributed by atoms with E-state index in [2.05, 4.69) is 181 Å². The Hall–Kier alpha value is -5.42. The predicted molar refractivity (Wildman–Crippen MR) is 426 cm³/mol. The number of alkyl carbamates (subject to hydrolysis) is 5. The van der Waals surface area contributed by atoms with Crippen LogP contribution in [0.15, 0.2) is 48.5 Å². The van der Waals surface area contributed by atoms with Gasteiger partial charge in [-0.3, -0.25) is 4.79 Å². The molecule has 0 heterocycles. The van der Waals surface area contributed by atoms with Crippen LogP contribution in [0.4, 0.5) is 24.0 Å². The molecule has 8 atom stereocenters. The van der Waals surface area contributed by atoms with Crippen molar-refractivity contribution in [1.29, 1.82) is 0 Å². The van der Waals surface area contributed by atoms with Crippen molar-refractivity contribution in [3.63, 3.8) is 0 Å². The van der Waals surface area contributed by atoms with E-state index in [0.717, 1.165) is 103 Å². The van der Waals surface area contributed by atoms with Gasteiger partial charge in [0.05, 0.1) is 63.9 Å². The minimum atomic E-state index is -0.589. The Labute approximate surface area is 652 Å². The first kappa shape index (κ1) is 99.6. The number of hydrogen-bond donors (Lipinski definition) is 7. The summed E-state index contributed by atoms with van der Waals surface area (Å²) in [6.07, 6.45) is 21.0. The maximum atomic E-state index is 12.7. The molecular formula is C77H136I2N8O18. The van der Waals surface area contributed by atoms with E-state index < -0.39 is 41.3 Å². The summed E-state index contributed by atoms with van der Waals surface area (Å²) in [6, 6.07) is -0.148. The van der Waals surface area contributed by atoms with Crippen LogP contribution in [0.2, 0.25) is 0 Å². The Bertz CT molecular complexity index is 2680. The summed E-state index contributed by atoms with van der Waals surface area (Å²) in [6.45, 7) is 49.1. The molecule has 0 aliphatic heterocycles. The summed E-state index contributed by atoms with van der Waals surface area (Å²) in [4.78, 5) is 102. The largest absolute Gasteiger partial charge is 0.502 e. The van der Waals surface area contributed by atoms with Crippen molar-refractivity contribution in [3.8, 4) is 0 Å². The van der Waals surface area contributed by atoms with Gasteiger partial charge in [-0.05, 0) is 165 Å². The van der Waals surface area contributed by atoms with Crippen LogP contribution in [0.3, 0.4) is 0 Å². The van der Waals surface area contributed by atoms with Gasteiger partial charge in [-0.2, -0.15) is 0 Å². The van der Waals surface area contributed by atoms with Crippen LogP contribution >= 0.6 is 37.2 Å². The van der Waals surface area contributed by atoms with Gasteiger partial charge in [0.1, 0.15) is 26.4 Å². The van der Waals surface area contributed by atoms with Gasteiger partial charge in [0.25, 0.3) is 6.47 Å². The van der Waals surface area contributed by atoms with Crippen LogP contribution in [0.1, 0.15) is 233 Å². The summed E-state index contributed by atoms with van der Waals surface area (Å²) in [7, 11) is 0. The lowest BCUT2D eigenvalue weighted by molar-refractivity contribution is -0.128. The number of aliphatic hydroxyl groups is 1. The Morgan fingerprint density at radius 1 is 0.486 bits per heavy atom. The Kier molecular flexibility index (Phi) is 47.7. The number of hydrogen-bond acceptors (Lipinski definition) is 21. The number of aliphatic hydroxyl groups excluding tert-OH is 1. The monoisotopic (exact) mass is 1710 g/mol. The number of nitrogens with zero attached hydrogens (tertiary/aromatic N) is 2. The normalized spacial score (nSPS) is 24.4. The summed E-state index contributed by atoms with van der Waals surface area (Å²) >= 11 is 4.24. The van der Waals surface area contributed by atoms with Crippen LogP contribution in [0.5, 0.6) is 0 Å². The summed E-state index contributed by atoms with van der Waals surface area (Å²) in [5, 5.41) is 22.9. The van der Waals surface area contributed by atoms with E-state index in [0.29, 0.717) is 84.9 Å². The molecule has 4 aliphatic rings. The van der Waals surface area contributed by atoms with Gasteiger partial charge in [0.2, 0.25) is 12.2 Å². The Balaban J connectivity index is 0.00000164. The lowest BCUT2D eigenvalue weighted by Gasteiger charge is -2.46. The molecule has 0 saturated heterocycles. The SMILES string of the molecule is C=COCCCCO.C=COCCCCOC(=O)NC1CC(C)(C)CC(C)(CNC(=O)OCC(C)(C)COC(=O)NCC2(C)CC(N)CC(C)(C)C2)C1.C=COCCCCOC=O.CCC1(CNC(=O)OCC(C)(C)COC(=O)NCC2(C)CC(N=C=O)CC(C)(C)C2)CC(N=C=O)CC(C)(C)C1.II. The summed E-state index contributed by atoms with van der Waals surface area (Å²) < 4.78 is 46.5. The number of isocyanates is 2. The molecule has 606 valence electrons. The van der Waals surface area contributed by atoms with Crippen molar-refractivity contribution < 1.29 is 86.1 Å². The molecule has 4 aliphatic carbocycles. The summed E-state index contributed by atoms with van der Waals surface area (Å²) in [5.74, 6) is 0. The minimum absolute atomic E-state index is 0.000527. The molecule has 5 amide bonds. The molecule has 26 nitrogen and oxygen atoms in total. The second-order valence-electron chi connectivity index (χ2n) is 34.7. The molecule has 4 rings (SSSR count). The first-order valence-electron chi connectivity index (χ1n) is 37.0. The van der Waals surface area contributed by atoms with Crippen molar-refractivity contribution in [3.05, 3.63) is 38.5 Å². The highest BCUT2D eigenvalue weighted by molar-refractivity contribution is 15.0. The third-order valence-electron chi connectivity index (χ3n) is 18.9. The van der Waals surface area contributed by atoms with Crippen LogP contribution < -0.4 is 32.3 Å². The van der Waals surface area contributed by atoms with Crippen LogP contribution in [0.25, 0.3) is 0 Å². The smallest absolute Gasteiger partial charge is 0.407 e. The standard InChI is InChI=1S/C34H62N4O7.C30H50N4O6.C7H12O3.C6H12O2.I2/c1-10-42-13-11-12-14-43-29(41)38-26-17-31(4,5)20-34(9,18-26)22-37-28(40)45-24-32(6,7)23-44-27(39)36-21-33(8)16-25(35)15-30(2,3)19-33;1-9-30(13-23(34-21-36)11-27(4,5)15-30)17-32-25(38)40-19-28(6,7)18-39-24(37)31-16-29(8)12-22(33-20-35)10-26(2,3)14-29;1-2-9-5-3-4-6-10-7-8;1-2-8-6-4-3-5-7;1-2/h10,25-26H,1,11-24,35H2,2-9H3,(H,36,39)(H,37,40)(H,38,41);22-23H,9-19H2,1-8H3,(H,31,37)(H,32,38);2,7H,1,3-6H2;2,7H,1,3-6H2;. The fourth-order valence-corrected chi connectivity index (χ4v) is 15.7. The van der Waals surface area contributed by atoms with E-state index >= 15 is 0 Å². The molecule has 0 aromatic rings. The topological polar surface area (TPSA) is 351 Å². The molecule has 0 aromatic carbocycles. The first-order chi connectivity index (χ1) is 49.0. The van der Waals surface area contributed by atoms with Crippen LogP contribution in [-0.4, -0.2) is 171 Å². The first-order valence-corrected chi connectivity index (χ1v) is 43.3. The quantitative estimate of drug-likeness (QED) is 0.00574. The van der Waals surface area contributed by atoms with Crippen molar-refractivity contribution in [1.82, 2.24) is 26.6 Å². The lowest BCUT2D eigenvalue weighted by atomic mass is 9.61. The van der Waals surface area contributed by atoms with Crippen molar-refractivity contribution >= 4 is 86.3 Å². The zero-order chi connectivity index (χ0) is 80.1. The van der Waals surface area contributed by atoms with E-state index in [1.165, 1.54) is 18.8 Å². The van der Waals surface area contributed by atoms with E-state index in [1.807, 2.05) is 27.7 Å². The third kappa shape index (κ3) is 47.2. The van der Waals surface area contributed by atoms with Gasteiger partial charge >= 0.3 is 30.5 Å². The van der Waals surface area contributed by atoms with Gasteiger partial charge in [0, 0.05) is 92.9 Å².